The normalized spacial score (nSPS) is 13.8. The van der Waals surface area contributed by atoms with Crippen molar-refractivity contribution >= 4 is 19.8 Å². The monoisotopic (exact) mass is 718 g/mol. The second kappa shape index (κ2) is 32.6. The van der Waals surface area contributed by atoms with Crippen LogP contribution in [0.15, 0.2) is 12.2 Å². The molecule has 0 aliphatic carbocycles. The molecular weight excluding hydrogens is 641 g/mol. The quantitative estimate of drug-likeness (QED) is 0.0207. The predicted molar refractivity (Wildman–Crippen MR) is 199 cm³/mol. The van der Waals surface area contributed by atoms with E-state index < -0.39 is 32.5 Å². The Hall–Kier alpha value is -1.25. The molecule has 49 heavy (non-hydrogen) atoms. The molecule has 0 N–H and O–H groups in total. The van der Waals surface area contributed by atoms with E-state index in [0.29, 0.717) is 17.4 Å². The van der Waals surface area contributed by atoms with Crippen LogP contribution in [0.1, 0.15) is 174 Å². The largest absolute Gasteiger partial charge is 0.756 e. The highest BCUT2D eigenvalue weighted by molar-refractivity contribution is 7.45. The number of hydrogen-bond donors (Lipinski definition) is 0. The van der Waals surface area contributed by atoms with Crippen molar-refractivity contribution in [2.24, 2.45) is 0 Å². The zero-order valence-corrected chi connectivity index (χ0v) is 33.3. The highest BCUT2D eigenvalue weighted by Gasteiger charge is 2.21. The van der Waals surface area contributed by atoms with Crippen molar-refractivity contribution in [3.8, 4) is 0 Å². The minimum absolute atomic E-state index is 0.0336. The molecular formula is C39H76NO8P. The summed E-state index contributed by atoms with van der Waals surface area (Å²) >= 11 is 0. The lowest BCUT2D eigenvalue weighted by Gasteiger charge is -2.28. The third-order valence-corrected chi connectivity index (χ3v) is 9.51. The second-order valence-electron chi connectivity index (χ2n) is 14.7. The van der Waals surface area contributed by atoms with Crippen LogP contribution in [0.25, 0.3) is 0 Å². The van der Waals surface area contributed by atoms with Crippen LogP contribution >= 0.6 is 7.82 Å². The summed E-state index contributed by atoms with van der Waals surface area (Å²) in [5.41, 5.74) is 0. The van der Waals surface area contributed by atoms with E-state index >= 15 is 0 Å². The van der Waals surface area contributed by atoms with E-state index in [0.717, 1.165) is 32.1 Å². The van der Waals surface area contributed by atoms with Gasteiger partial charge in [-0.05, 0) is 25.7 Å². The number of esters is 2. The Kier molecular flexibility index (Phi) is 31.8. The summed E-state index contributed by atoms with van der Waals surface area (Å²) in [5, 5.41) is 0. The lowest BCUT2D eigenvalue weighted by atomic mass is 10.0. The van der Waals surface area contributed by atoms with E-state index in [-0.39, 0.29) is 26.1 Å². The van der Waals surface area contributed by atoms with Gasteiger partial charge in [-0.2, -0.15) is 0 Å². The van der Waals surface area contributed by atoms with Crippen LogP contribution in [0.4, 0.5) is 0 Å². The predicted octanol–water partition coefficient (Wildman–Crippen LogP) is 10.00. The summed E-state index contributed by atoms with van der Waals surface area (Å²) in [4.78, 5) is 37.3. The third kappa shape index (κ3) is 36.3. The van der Waals surface area contributed by atoms with Crippen molar-refractivity contribution in [1.29, 1.82) is 0 Å². The minimum atomic E-state index is -4.62. The smallest absolute Gasteiger partial charge is 0.306 e. The van der Waals surface area contributed by atoms with Gasteiger partial charge in [0.25, 0.3) is 7.82 Å². The van der Waals surface area contributed by atoms with E-state index in [2.05, 4.69) is 19.9 Å². The van der Waals surface area contributed by atoms with Crippen molar-refractivity contribution in [1.82, 2.24) is 0 Å². The molecule has 0 radical (unpaired) electrons. The van der Waals surface area contributed by atoms with Crippen LogP contribution < -0.4 is 4.89 Å². The molecule has 2 atom stereocenters. The van der Waals surface area contributed by atoms with Gasteiger partial charge < -0.3 is 27.9 Å². The summed E-state index contributed by atoms with van der Waals surface area (Å²) < 4.78 is 33.7. The van der Waals surface area contributed by atoms with Crippen LogP contribution in [0.5, 0.6) is 0 Å². The standard InChI is InChI=1S/C39H76NO8P/c1-6-8-10-12-14-16-18-20-22-24-26-28-30-32-39(42)48-37(36-47-49(43,44)46-34-33-40(3,4)5)35-45-38(41)31-29-27-25-23-21-19-17-15-13-11-9-7-2/h26,28,37H,6-25,27,29-36H2,1-5H3/b28-26-. The number of carbonyl (C=O) groups excluding carboxylic acids is 2. The average molecular weight is 718 g/mol. The summed E-state index contributed by atoms with van der Waals surface area (Å²) in [6.45, 7) is 4.17. The molecule has 0 aliphatic rings. The fourth-order valence-electron chi connectivity index (χ4n) is 5.38. The second-order valence-corrected chi connectivity index (χ2v) is 16.1. The zero-order valence-electron chi connectivity index (χ0n) is 32.4. The minimum Gasteiger partial charge on any atom is -0.756 e. The number of quaternary nitrogens is 1. The van der Waals surface area contributed by atoms with Gasteiger partial charge in [0.15, 0.2) is 6.10 Å². The van der Waals surface area contributed by atoms with E-state index in [9.17, 15) is 19.0 Å². The number of rotatable bonds is 36. The summed E-state index contributed by atoms with van der Waals surface area (Å²) in [7, 11) is 1.15. The van der Waals surface area contributed by atoms with Crippen LogP contribution in [-0.2, 0) is 32.7 Å². The van der Waals surface area contributed by atoms with Crippen LogP contribution in [0, 0.1) is 0 Å². The number of ether oxygens (including phenoxy) is 2. The Balaban J connectivity index is 4.45. The zero-order chi connectivity index (χ0) is 36.5. The maximum absolute atomic E-state index is 12.6. The van der Waals surface area contributed by atoms with Crippen molar-refractivity contribution in [2.45, 2.75) is 180 Å². The van der Waals surface area contributed by atoms with Crippen LogP contribution in [0.3, 0.4) is 0 Å². The molecule has 2 unspecified atom stereocenters. The molecule has 0 saturated carbocycles. The van der Waals surface area contributed by atoms with Crippen LogP contribution in [-0.4, -0.2) is 70.0 Å². The highest BCUT2D eigenvalue weighted by Crippen LogP contribution is 2.38. The van der Waals surface area contributed by atoms with Crippen molar-refractivity contribution < 1.29 is 42.1 Å². The summed E-state index contributed by atoms with van der Waals surface area (Å²) in [5.74, 6) is -0.887. The molecule has 0 heterocycles. The molecule has 0 saturated heterocycles. The van der Waals surface area contributed by atoms with Crippen molar-refractivity contribution in [3.05, 3.63) is 12.2 Å². The van der Waals surface area contributed by atoms with Gasteiger partial charge in [0.2, 0.25) is 0 Å². The first-order valence-corrected chi connectivity index (χ1v) is 21.4. The molecule has 0 aliphatic heterocycles. The Morgan fingerprint density at radius 1 is 0.612 bits per heavy atom. The Bertz CT molecular complexity index is 860. The van der Waals surface area contributed by atoms with Crippen molar-refractivity contribution in [3.63, 3.8) is 0 Å². The molecule has 0 aromatic rings. The molecule has 0 aromatic heterocycles. The molecule has 10 heteroatoms. The van der Waals surface area contributed by atoms with E-state index in [1.807, 2.05) is 27.2 Å². The van der Waals surface area contributed by atoms with Gasteiger partial charge in [-0.3, -0.25) is 14.2 Å². The number of carbonyl (C=O) groups is 2. The number of likely N-dealkylation sites (N-methyl/N-ethyl adjacent to an activating group) is 1. The van der Waals surface area contributed by atoms with E-state index in [4.69, 9.17) is 18.5 Å². The number of hydrogen-bond acceptors (Lipinski definition) is 8. The first-order chi connectivity index (χ1) is 23.5. The number of allylic oxidation sites excluding steroid dienone is 2. The topological polar surface area (TPSA) is 111 Å². The number of phosphoric acid groups is 1. The molecule has 0 amide bonds. The van der Waals surface area contributed by atoms with Gasteiger partial charge in [-0.25, -0.2) is 0 Å². The lowest BCUT2D eigenvalue weighted by molar-refractivity contribution is -0.870. The molecule has 0 bridgehead atoms. The first-order valence-electron chi connectivity index (χ1n) is 19.9. The SMILES string of the molecule is CCCCCCCCCCC/C=C\CCC(=O)OC(COC(=O)CCCCCCCCCCCCCC)COP(=O)([O-])OCC[N+](C)(C)C. The number of phosphoric ester groups is 1. The van der Waals surface area contributed by atoms with Gasteiger partial charge in [0.05, 0.1) is 27.7 Å². The van der Waals surface area contributed by atoms with Gasteiger partial charge in [0, 0.05) is 12.8 Å². The lowest BCUT2D eigenvalue weighted by Crippen LogP contribution is -2.37. The summed E-state index contributed by atoms with van der Waals surface area (Å²) in [6.07, 6.45) is 31.0. The van der Waals surface area contributed by atoms with Crippen molar-refractivity contribution in [2.75, 3.05) is 47.5 Å². The van der Waals surface area contributed by atoms with Gasteiger partial charge in [-0.1, -0.05) is 148 Å². The molecule has 0 rings (SSSR count). The average Bonchev–Trinajstić information content (AvgIpc) is 3.04. The fraction of sp³-hybridized carbons (Fsp3) is 0.897. The van der Waals surface area contributed by atoms with Gasteiger partial charge in [-0.15, -0.1) is 0 Å². The fourth-order valence-corrected chi connectivity index (χ4v) is 6.11. The molecule has 0 aromatic carbocycles. The maximum Gasteiger partial charge on any atom is 0.306 e. The maximum atomic E-state index is 12.6. The molecule has 0 spiro atoms. The molecule has 290 valence electrons. The van der Waals surface area contributed by atoms with Gasteiger partial charge in [0.1, 0.15) is 19.8 Å². The summed E-state index contributed by atoms with van der Waals surface area (Å²) in [6, 6.07) is 0. The number of unbranched alkanes of at least 4 members (excludes halogenated alkanes) is 20. The van der Waals surface area contributed by atoms with Crippen LogP contribution in [0.2, 0.25) is 0 Å². The Morgan fingerprint density at radius 3 is 1.59 bits per heavy atom. The number of nitrogens with zero attached hydrogens (tertiary/aromatic N) is 1. The molecule has 9 nitrogen and oxygen atoms in total. The van der Waals surface area contributed by atoms with E-state index in [1.165, 1.54) is 109 Å². The van der Waals surface area contributed by atoms with Gasteiger partial charge >= 0.3 is 11.9 Å². The highest BCUT2D eigenvalue weighted by atomic mass is 31.2. The Labute approximate surface area is 301 Å². The third-order valence-electron chi connectivity index (χ3n) is 8.55. The van der Waals surface area contributed by atoms with E-state index in [1.54, 1.807) is 0 Å². The molecule has 0 fully saturated rings. The first kappa shape index (κ1) is 47.8. The Morgan fingerprint density at radius 2 is 1.08 bits per heavy atom.